The number of hydrogen-bond donors (Lipinski definition) is 2. The van der Waals surface area contributed by atoms with Crippen molar-refractivity contribution in [3.63, 3.8) is 0 Å². The Morgan fingerprint density at radius 3 is 3.06 bits per heavy atom. The number of amides is 1. The van der Waals surface area contributed by atoms with E-state index in [2.05, 4.69) is 0 Å². The SMILES string of the molecule is CCn1cc(N)cc1C(=O)N1CCCC(O)C1. The maximum absolute atomic E-state index is 12.3. The van der Waals surface area contributed by atoms with Gasteiger partial charge in [-0.15, -0.1) is 0 Å². The number of aromatic nitrogens is 1. The number of aliphatic hydroxyl groups is 1. The molecule has 0 aliphatic carbocycles. The number of nitrogens with zero attached hydrogens (tertiary/aromatic N) is 2. The molecule has 1 aromatic rings. The summed E-state index contributed by atoms with van der Waals surface area (Å²) in [4.78, 5) is 14.0. The summed E-state index contributed by atoms with van der Waals surface area (Å²) in [6, 6.07) is 1.70. The van der Waals surface area contributed by atoms with Crippen LogP contribution in [0.2, 0.25) is 0 Å². The lowest BCUT2D eigenvalue weighted by molar-refractivity contribution is 0.0465. The number of hydrogen-bond acceptors (Lipinski definition) is 3. The first-order valence-corrected chi connectivity index (χ1v) is 6.04. The predicted molar refractivity (Wildman–Crippen MR) is 65.7 cm³/mol. The Morgan fingerprint density at radius 1 is 1.65 bits per heavy atom. The van der Waals surface area contributed by atoms with Gasteiger partial charge < -0.3 is 20.3 Å². The lowest BCUT2D eigenvalue weighted by Crippen LogP contribution is -2.42. The first kappa shape index (κ1) is 12.0. The topological polar surface area (TPSA) is 71.5 Å². The van der Waals surface area contributed by atoms with E-state index in [1.54, 1.807) is 17.2 Å². The molecule has 1 fully saturated rings. The molecule has 1 aromatic heterocycles. The van der Waals surface area contributed by atoms with Crippen LogP contribution in [0.3, 0.4) is 0 Å². The van der Waals surface area contributed by atoms with Crippen molar-refractivity contribution in [2.24, 2.45) is 0 Å². The van der Waals surface area contributed by atoms with Crippen LogP contribution in [-0.2, 0) is 6.54 Å². The van der Waals surface area contributed by atoms with Crippen LogP contribution in [0.4, 0.5) is 5.69 Å². The van der Waals surface area contributed by atoms with Crippen molar-refractivity contribution in [3.05, 3.63) is 18.0 Å². The number of nitrogen functional groups attached to an aromatic ring is 1. The fourth-order valence-corrected chi connectivity index (χ4v) is 2.27. The number of rotatable bonds is 2. The molecule has 0 radical (unpaired) electrons. The molecule has 2 heterocycles. The molecule has 0 spiro atoms. The molecule has 1 amide bonds. The minimum absolute atomic E-state index is 0.0395. The average Bonchev–Trinajstić information content (AvgIpc) is 2.69. The van der Waals surface area contributed by atoms with E-state index in [4.69, 9.17) is 5.73 Å². The van der Waals surface area contributed by atoms with Crippen LogP contribution in [0.15, 0.2) is 12.3 Å². The molecular weight excluding hydrogens is 218 g/mol. The third kappa shape index (κ3) is 2.44. The summed E-state index contributed by atoms with van der Waals surface area (Å²) in [5, 5.41) is 9.58. The quantitative estimate of drug-likeness (QED) is 0.795. The number of piperidine rings is 1. The van der Waals surface area contributed by atoms with Crippen LogP contribution in [0.1, 0.15) is 30.3 Å². The highest BCUT2D eigenvalue weighted by Crippen LogP contribution is 2.17. The Bertz CT molecular complexity index is 414. The summed E-state index contributed by atoms with van der Waals surface area (Å²) in [7, 11) is 0. The highest BCUT2D eigenvalue weighted by atomic mass is 16.3. The van der Waals surface area contributed by atoms with Crippen LogP contribution >= 0.6 is 0 Å². The zero-order chi connectivity index (χ0) is 12.4. The van der Waals surface area contributed by atoms with Gasteiger partial charge in [-0.3, -0.25) is 4.79 Å². The zero-order valence-corrected chi connectivity index (χ0v) is 10.1. The molecule has 1 saturated heterocycles. The van der Waals surface area contributed by atoms with Crippen molar-refractivity contribution in [1.29, 1.82) is 0 Å². The van der Waals surface area contributed by atoms with Crippen molar-refractivity contribution in [2.75, 3.05) is 18.8 Å². The molecule has 0 bridgehead atoms. The maximum atomic E-state index is 12.3. The average molecular weight is 237 g/mol. The van der Waals surface area contributed by atoms with E-state index in [9.17, 15) is 9.90 Å². The van der Waals surface area contributed by atoms with Gasteiger partial charge in [-0.1, -0.05) is 0 Å². The lowest BCUT2D eigenvalue weighted by atomic mass is 10.1. The van der Waals surface area contributed by atoms with Gasteiger partial charge in [0.1, 0.15) is 5.69 Å². The molecule has 2 rings (SSSR count). The summed E-state index contributed by atoms with van der Waals surface area (Å²) in [6.45, 7) is 3.83. The van der Waals surface area contributed by atoms with Crippen molar-refractivity contribution >= 4 is 11.6 Å². The van der Waals surface area contributed by atoms with Crippen molar-refractivity contribution in [2.45, 2.75) is 32.4 Å². The molecule has 17 heavy (non-hydrogen) atoms. The number of carbonyl (C=O) groups excluding carboxylic acids is 1. The van der Waals surface area contributed by atoms with E-state index in [1.165, 1.54) is 0 Å². The summed E-state index contributed by atoms with van der Waals surface area (Å²) < 4.78 is 1.85. The number of nitrogens with two attached hydrogens (primary N) is 1. The minimum atomic E-state index is -0.393. The summed E-state index contributed by atoms with van der Waals surface area (Å²) in [5.74, 6) is -0.0395. The molecule has 3 N–H and O–H groups in total. The highest BCUT2D eigenvalue weighted by Gasteiger charge is 2.24. The van der Waals surface area contributed by atoms with Gasteiger partial charge in [-0.05, 0) is 25.8 Å². The van der Waals surface area contributed by atoms with Crippen LogP contribution in [-0.4, -0.2) is 39.7 Å². The third-order valence-electron chi connectivity index (χ3n) is 3.16. The summed E-state index contributed by atoms with van der Waals surface area (Å²) in [5.41, 5.74) is 6.92. The number of likely N-dealkylation sites (tertiary alicyclic amines) is 1. The highest BCUT2D eigenvalue weighted by molar-refractivity contribution is 5.94. The molecule has 0 aromatic carbocycles. The van der Waals surface area contributed by atoms with Crippen molar-refractivity contribution < 1.29 is 9.90 Å². The van der Waals surface area contributed by atoms with E-state index in [1.807, 2.05) is 11.5 Å². The smallest absolute Gasteiger partial charge is 0.270 e. The number of anilines is 1. The fraction of sp³-hybridized carbons (Fsp3) is 0.583. The van der Waals surface area contributed by atoms with Crippen LogP contribution in [0.5, 0.6) is 0 Å². The fourth-order valence-electron chi connectivity index (χ4n) is 2.27. The van der Waals surface area contributed by atoms with Gasteiger partial charge >= 0.3 is 0 Å². The van der Waals surface area contributed by atoms with Gasteiger partial charge in [0.05, 0.1) is 11.8 Å². The van der Waals surface area contributed by atoms with Gasteiger partial charge in [-0.2, -0.15) is 0 Å². The van der Waals surface area contributed by atoms with Gasteiger partial charge in [0.15, 0.2) is 0 Å². The van der Waals surface area contributed by atoms with E-state index in [0.29, 0.717) is 31.0 Å². The Labute approximate surface area is 101 Å². The molecule has 1 aliphatic rings. The van der Waals surface area contributed by atoms with E-state index >= 15 is 0 Å². The zero-order valence-electron chi connectivity index (χ0n) is 10.1. The standard InChI is InChI=1S/C12H19N3O2/c1-2-14-7-9(13)6-11(14)12(17)15-5-3-4-10(16)8-15/h6-7,10,16H,2-5,8,13H2,1H3. The lowest BCUT2D eigenvalue weighted by Gasteiger charge is -2.30. The predicted octanol–water partition coefficient (Wildman–Crippen LogP) is 0.687. The second-order valence-corrected chi connectivity index (χ2v) is 4.49. The van der Waals surface area contributed by atoms with E-state index in [-0.39, 0.29) is 5.91 Å². The van der Waals surface area contributed by atoms with Crippen LogP contribution in [0, 0.1) is 0 Å². The monoisotopic (exact) mass is 237 g/mol. The van der Waals surface area contributed by atoms with Crippen molar-refractivity contribution in [3.8, 4) is 0 Å². The molecule has 94 valence electrons. The molecule has 5 nitrogen and oxygen atoms in total. The first-order chi connectivity index (χ1) is 8.11. The molecule has 5 heteroatoms. The normalized spacial score (nSPS) is 20.6. The molecule has 1 atom stereocenters. The van der Waals surface area contributed by atoms with E-state index in [0.717, 1.165) is 12.8 Å². The number of carbonyl (C=O) groups is 1. The summed E-state index contributed by atoms with van der Waals surface area (Å²) >= 11 is 0. The second-order valence-electron chi connectivity index (χ2n) is 4.49. The largest absolute Gasteiger partial charge is 0.397 e. The van der Waals surface area contributed by atoms with Crippen LogP contribution < -0.4 is 5.73 Å². The number of aliphatic hydroxyl groups excluding tert-OH is 1. The molecular formula is C12H19N3O2. The molecule has 0 saturated carbocycles. The van der Waals surface area contributed by atoms with Gasteiger partial charge in [0.2, 0.25) is 0 Å². The molecule has 1 unspecified atom stereocenters. The second kappa shape index (κ2) is 4.79. The van der Waals surface area contributed by atoms with Crippen LogP contribution in [0.25, 0.3) is 0 Å². The van der Waals surface area contributed by atoms with Gasteiger partial charge in [-0.25, -0.2) is 0 Å². The maximum Gasteiger partial charge on any atom is 0.270 e. The van der Waals surface area contributed by atoms with Crippen molar-refractivity contribution in [1.82, 2.24) is 9.47 Å². The Balaban J connectivity index is 2.18. The third-order valence-corrected chi connectivity index (χ3v) is 3.16. The Morgan fingerprint density at radius 2 is 2.41 bits per heavy atom. The van der Waals surface area contributed by atoms with Gasteiger partial charge in [0, 0.05) is 25.8 Å². The Hall–Kier alpha value is -1.49. The summed E-state index contributed by atoms with van der Waals surface area (Å²) in [6.07, 6.45) is 3.01. The molecule has 1 aliphatic heterocycles. The van der Waals surface area contributed by atoms with E-state index < -0.39 is 6.10 Å². The number of β-amino-alcohol motifs (C(OH)–C–C–N with tert-alkyl or cyclic N) is 1. The number of aryl methyl sites for hydroxylation is 1. The Kier molecular flexibility index (Phi) is 3.38. The first-order valence-electron chi connectivity index (χ1n) is 6.04. The minimum Gasteiger partial charge on any atom is -0.397 e. The van der Waals surface area contributed by atoms with Gasteiger partial charge in [0.25, 0.3) is 5.91 Å².